The van der Waals surface area contributed by atoms with Crippen LogP contribution in [0.4, 0.5) is 4.79 Å². The Morgan fingerprint density at radius 3 is 2.16 bits per heavy atom. The number of unbranched alkanes of at least 4 members (excludes halogenated alkanes) is 1. The van der Waals surface area contributed by atoms with E-state index in [1.165, 1.54) is 9.80 Å². The van der Waals surface area contributed by atoms with Gasteiger partial charge in [-0.25, -0.2) is 4.79 Å². The average Bonchev–Trinajstić information content (AvgIpc) is 3.36. The lowest BCUT2D eigenvalue weighted by atomic mass is 9.85. The number of likely N-dealkylation sites (N-methyl/N-ethyl adjacent to an activating group) is 1. The smallest absolute Gasteiger partial charge is 0.408 e. The predicted molar refractivity (Wildman–Crippen MR) is 190 cm³/mol. The fraction of sp³-hybridized carbons (Fsp3) is 0.649. The summed E-state index contributed by atoms with van der Waals surface area (Å²) in [5, 5.41) is 10.4. The molecule has 6 amide bonds. The number of carbonyl (C=O) groups excluding carboxylic acids is 7. The topological polar surface area (TPSA) is 183 Å². The van der Waals surface area contributed by atoms with Crippen LogP contribution < -0.4 is 21.3 Å². The first-order valence-electron chi connectivity index (χ1n) is 17.7. The summed E-state index contributed by atoms with van der Waals surface area (Å²) in [6, 6.07) is 4.50. The molecular weight excluding hydrogens is 656 g/mol. The van der Waals surface area contributed by atoms with Crippen molar-refractivity contribution in [1.82, 2.24) is 31.1 Å². The number of rotatable bonds is 15. The maximum atomic E-state index is 14.1. The molecule has 1 saturated heterocycles. The molecule has 1 aromatic rings. The summed E-state index contributed by atoms with van der Waals surface area (Å²) < 4.78 is 5.24. The molecule has 2 fully saturated rings. The van der Waals surface area contributed by atoms with E-state index in [2.05, 4.69) is 21.3 Å². The van der Waals surface area contributed by atoms with E-state index >= 15 is 0 Å². The summed E-state index contributed by atoms with van der Waals surface area (Å²) >= 11 is 0. The number of nitrogens with zero attached hydrogens (tertiary/aromatic N) is 2. The number of amides is 6. The zero-order valence-electron chi connectivity index (χ0n) is 31.6. The van der Waals surface area contributed by atoms with Crippen molar-refractivity contribution in [1.29, 1.82) is 0 Å². The van der Waals surface area contributed by atoms with Gasteiger partial charge in [-0.05, 0) is 48.5 Å². The van der Waals surface area contributed by atoms with Crippen LogP contribution in [0.15, 0.2) is 30.3 Å². The van der Waals surface area contributed by atoms with Gasteiger partial charge in [-0.3, -0.25) is 28.8 Å². The van der Waals surface area contributed by atoms with Crippen molar-refractivity contribution >= 4 is 41.4 Å². The first-order valence-corrected chi connectivity index (χ1v) is 17.7. The molecule has 1 saturated carbocycles. The van der Waals surface area contributed by atoms with Crippen LogP contribution in [-0.2, 0) is 33.5 Å². The first-order chi connectivity index (χ1) is 23.7. The van der Waals surface area contributed by atoms with Gasteiger partial charge in [-0.2, -0.15) is 0 Å². The molecule has 51 heavy (non-hydrogen) atoms. The van der Waals surface area contributed by atoms with E-state index in [1.54, 1.807) is 79.0 Å². The Morgan fingerprint density at radius 1 is 0.980 bits per heavy atom. The van der Waals surface area contributed by atoms with Crippen LogP contribution in [0.2, 0.25) is 0 Å². The minimum Gasteiger partial charge on any atom is -0.447 e. The van der Waals surface area contributed by atoms with Gasteiger partial charge >= 0.3 is 6.09 Å². The summed E-state index contributed by atoms with van der Waals surface area (Å²) in [5.41, 5.74) is -0.407. The normalized spacial score (nSPS) is 20.6. The maximum Gasteiger partial charge on any atom is 0.408 e. The maximum absolute atomic E-state index is 14.1. The second-order valence-corrected chi connectivity index (χ2v) is 15.7. The minimum atomic E-state index is -1.21. The van der Waals surface area contributed by atoms with Crippen LogP contribution in [0.5, 0.6) is 0 Å². The van der Waals surface area contributed by atoms with Crippen LogP contribution >= 0.6 is 0 Å². The second-order valence-electron chi connectivity index (χ2n) is 15.7. The second kappa shape index (κ2) is 16.7. The zero-order chi connectivity index (χ0) is 38.4. The summed E-state index contributed by atoms with van der Waals surface area (Å²) in [5.74, 6) is -4.21. The number of hydrogen-bond donors (Lipinski definition) is 4. The number of piperidine rings is 1. The molecule has 3 rings (SSSR count). The number of Topliss-reactive ketones (excluding diaryl/α,β-unsaturated/α-hetero) is 1. The number of alkyl carbamates (subject to hydrolysis) is 1. The van der Waals surface area contributed by atoms with Gasteiger partial charge in [0.05, 0.1) is 18.7 Å². The third kappa shape index (κ3) is 10.1. The number of fused-ring (bicyclic) bond motifs is 1. The molecule has 0 spiro atoms. The molecule has 4 N–H and O–H groups in total. The molecule has 1 aliphatic carbocycles. The number of ketones is 1. The third-order valence-electron chi connectivity index (χ3n) is 9.72. The molecule has 0 aromatic heterocycles. The largest absolute Gasteiger partial charge is 0.447 e. The van der Waals surface area contributed by atoms with Crippen molar-refractivity contribution < 1.29 is 38.3 Å². The quantitative estimate of drug-likeness (QED) is 0.200. The molecule has 14 nitrogen and oxygen atoms in total. The molecule has 1 aromatic carbocycles. The molecular formula is C37H56N6O8. The van der Waals surface area contributed by atoms with E-state index in [1.807, 2.05) is 20.8 Å². The Labute approximate surface area is 301 Å². The molecule has 2 aliphatic rings. The summed E-state index contributed by atoms with van der Waals surface area (Å²) in [4.78, 5) is 95.8. The molecule has 14 heteroatoms. The highest BCUT2D eigenvalue weighted by molar-refractivity contribution is 6.38. The van der Waals surface area contributed by atoms with Gasteiger partial charge < -0.3 is 35.8 Å². The SMILES string of the molecule is CCCCC(NC(=O)[C@@H]1C2[C@H](CN1C(=O)[C@@H](NC(=O)OC(C)C)C(C)(C)C)C2(C)C)C(=O)C(=O)NCC(=O)N[C@H](C(=O)N(C)C)c1ccccc1. The van der Waals surface area contributed by atoms with Gasteiger partial charge in [0.1, 0.15) is 18.1 Å². The average molecular weight is 713 g/mol. The molecule has 0 bridgehead atoms. The number of hydrogen-bond acceptors (Lipinski definition) is 8. The lowest BCUT2D eigenvalue weighted by molar-refractivity contribution is -0.145. The number of ether oxygens (including phenoxy) is 1. The Kier molecular flexibility index (Phi) is 13.4. The Hall–Kier alpha value is -4.49. The monoisotopic (exact) mass is 712 g/mol. The van der Waals surface area contributed by atoms with Crippen LogP contribution in [0.25, 0.3) is 0 Å². The molecule has 1 heterocycles. The highest BCUT2D eigenvalue weighted by atomic mass is 16.6. The fourth-order valence-electron chi connectivity index (χ4n) is 6.74. The van der Waals surface area contributed by atoms with Crippen LogP contribution in [0, 0.1) is 22.7 Å². The van der Waals surface area contributed by atoms with E-state index in [0.717, 1.165) is 0 Å². The Bertz CT molecular complexity index is 1470. The summed E-state index contributed by atoms with van der Waals surface area (Å²) in [6.07, 6.45) is 0.228. The van der Waals surface area contributed by atoms with Gasteiger partial charge in [-0.15, -0.1) is 0 Å². The van der Waals surface area contributed by atoms with Gasteiger partial charge in [0, 0.05) is 20.6 Å². The standard InChI is InChI=1S/C37H56N6O8/c1-11-12-18-24(29(45)32(47)38-19-25(44)40-27(33(48)42(9)10)22-16-14-13-15-17-22)39-31(46)28-26-23(37(26,7)8)20-43(28)34(49)30(36(4,5)6)41-35(50)51-21(2)3/h13-17,21,23-24,26-28,30H,11-12,18-20H2,1-10H3,(H,38,47)(H,39,46)(H,40,44)(H,41,50)/t23-,24?,26?,27-,28-,30+/m0/s1. The van der Waals surface area contributed by atoms with Gasteiger partial charge in [0.25, 0.3) is 5.91 Å². The molecule has 282 valence electrons. The molecule has 0 radical (unpaired) electrons. The first kappa shape index (κ1) is 40.9. The summed E-state index contributed by atoms with van der Waals surface area (Å²) in [7, 11) is 3.12. The van der Waals surface area contributed by atoms with Crippen LogP contribution in [-0.4, -0.2) is 103 Å². The number of likely N-dealkylation sites (tertiary alicyclic amines) is 1. The molecule has 1 aliphatic heterocycles. The van der Waals surface area contributed by atoms with Crippen molar-refractivity contribution in [3.63, 3.8) is 0 Å². The minimum absolute atomic E-state index is 0.0335. The highest BCUT2D eigenvalue weighted by Gasteiger charge is 2.70. The fourth-order valence-corrected chi connectivity index (χ4v) is 6.74. The van der Waals surface area contributed by atoms with Gasteiger partial charge in [-0.1, -0.05) is 84.7 Å². The van der Waals surface area contributed by atoms with E-state index < -0.39 is 77.7 Å². The van der Waals surface area contributed by atoms with Crippen molar-refractivity contribution in [2.75, 3.05) is 27.2 Å². The number of carbonyl (C=O) groups is 7. The lowest BCUT2D eigenvalue weighted by Crippen LogP contribution is -2.60. The Morgan fingerprint density at radius 2 is 1.61 bits per heavy atom. The van der Waals surface area contributed by atoms with E-state index in [4.69, 9.17) is 4.74 Å². The van der Waals surface area contributed by atoms with Crippen molar-refractivity contribution in [3.8, 4) is 0 Å². The molecule has 2 unspecified atom stereocenters. The van der Waals surface area contributed by atoms with E-state index in [9.17, 15) is 33.6 Å². The van der Waals surface area contributed by atoms with Gasteiger partial charge in [0.15, 0.2) is 0 Å². The van der Waals surface area contributed by atoms with Gasteiger partial charge in [0.2, 0.25) is 29.4 Å². The van der Waals surface area contributed by atoms with Crippen molar-refractivity contribution in [2.24, 2.45) is 22.7 Å². The third-order valence-corrected chi connectivity index (χ3v) is 9.72. The Balaban J connectivity index is 1.75. The summed E-state index contributed by atoms with van der Waals surface area (Å²) in [6.45, 7) is 14.5. The zero-order valence-corrected chi connectivity index (χ0v) is 31.6. The molecule has 6 atom stereocenters. The lowest BCUT2D eigenvalue weighted by Gasteiger charge is -2.37. The number of benzene rings is 1. The van der Waals surface area contributed by atoms with Crippen molar-refractivity contribution in [2.45, 2.75) is 105 Å². The van der Waals surface area contributed by atoms with Crippen LogP contribution in [0.1, 0.15) is 86.3 Å². The van der Waals surface area contributed by atoms with E-state index in [-0.39, 0.29) is 29.6 Å². The van der Waals surface area contributed by atoms with E-state index in [0.29, 0.717) is 24.9 Å². The van der Waals surface area contributed by atoms with Crippen LogP contribution in [0.3, 0.4) is 0 Å². The predicted octanol–water partition coefficient (Wildman–Crippen LogP) is 2.32. The van der Waals surface area contributed by atoms with Crippen molar-refractivity contribution in [3.05, 3.63) is 35.9 Å². The highest BCUT2D eigenvalue weighted by Crippen LogP contribution is 2.65. The number of nitrogens with one attached hydrogen (secondary N) is 4.